The van der Waals surface area contributed by atoms with Crippen LogP contribution < -0.4 is 15.6 Å². The zero-order valence-corrected chi connectivity index (χ0v) is 17.4. The van der Waals surface area contributed by atoms with Crippen molar-refractivity contribution in [3.63, 3.8) is 0 Å². The molecule has 2 aromatic carbocycles. The maximum atomic E-state index is 10.8. The monoisotopic (exact) mass is 434 g/mol. The summed E-state index contributed by atoms with van der Waals surface area (Å²) in [5, 5.41) is 18.1. The van der Waals surface area contributed by atoms with Gasteiger partial charge in [-0.05, 0) is 36.8 Å². The number of aromatic nitrogens is 3. The Morgan fingerprint density at radius 3 is 2.41 bits per heavy atom. The van der Waals surface area contributed by atoms with Gasteiger partial charge in [0.25, 0.3) is 5.69 Å². The molecule has 1 aliphatic heterocycles. The normalized spacial score (nSPS) is 13.8. The standard InChI is InChI=1S/C21H22N8O3/c1-15-2-6-17(7-3-15)23-19-24-20(26-21(25-19)28-10-12-32-13-11-28)27-22-14-16-4-8-18(9-5-16)29(30)31/h2-9,14H,10-13H2,1H3,(H2,23,24,25,26,27). The molecule has 1 saturated heterocycles. The number of non-ortho nitro benzene ring substituents is 1. The third-order valence-corrected chi connectivity index (χ3v) is 4.71. The van der Waals surface area contributed by atoms with Crippen molar-refractivity contribution in [3.8, 4) is 0 Å². The summed E-state index contributed by atoms with van der Waals surface area (Å²) in [5.74, 6) is 1.18. The van der Waals surface area contributed by atoms with Gasteiger partial charge in [-0.25, -0.2) is 5.43 Å². The van der Waals surface area contributed by atoms with E-state index in [1.807, 2.05) is 36.1 Å². The van der Waals surface area contributed by atoms with Gasteiger partial charge in [-0.3, -0.25) is 10.1 Å². The predicted molar refractivity (Wildman–Crippen MR) is 122 cm³/mol. The fraction of sp³-hybridized carbons (Fsp3) is 0.238. The van der Waals surface area contributed by atoms with Crippen molar-refractivity contribution in [2.45, 2.75) is 6.92 Å². The number of nitrogens with one attached hydrogen (secondary N) is 2. The van der Waals surface area contributed by atoms with Crippen LogP contribution >= 0.6 is 0 Å². The first-order chi connectivity index (χ1) is 15.6. The zero-order chi connectivity index (χ0) is 22.3. The van der Waals surface area contributed by atoms with Crippen LogP contribution in [0, 0.1) is 17.0 Å². The number of hydrazone groups is 1. The molecule has 0 aliphatic carbocycles. The maximum absolute atomic E-state index is 10.8. The van der Waals surface area contributed by atoms with E-state index in [9.17, 15) is 10.1 Å². The third kappa shape index (κ3) is 5.52. The van der Waals surface area contributed by atoms with E-state index in [4.69, 9.17) is 4.74 Å². The van der Waals surface area contributed by atoms with Gasteiger partial charge in [-0.1, -0.05) is 17.7 Å². The summed E-state index contributed by atoms with van der Waals surface area (Å²) in [4.78, 5) is 25.8. The van der Waals surface area contributed by atoms with Crippen LogP contribution in [0.25, 0.3) is 0 Å². The molecule has 2 heterocycles. The number of ether oxygens (including phenoxy) is 1. The summed E-state index contributed by atoms with van der Waals surface area (Å²) in [6, 6.07) is 14.0. The van der Waals surface area contributed by atoms with Crippen LogP contribution in [0.4, 0.5) is 29.2 Å². The van der Waals surface area contributed by atoms with Gasteiger partial charge in [0.1, 0.15) is 0 Å². The Labute approximate surface area is 184 Å². The van der Waals surface area contributed by atoms with Crippen molar-refractivity contribution in [2.24, 2.45) is 5.10 Å². The summed E-state index contributed by atoms with van der Waals surface area (Å²) < 4.78 is 5.42. The molecule has 164 valence electrons. The molecular formula is C21H22N8O3. The molecule has 0 spiro atoms. The van der Waals surface area contributed by atoms with Gasteiger partial charge < -0.3 is 15.0 Å². The van der Waals surface area contributed by atoms with Crippen LogP contribution in [0.5, 0.6) is 0 Å². The molecule has 1 fully saturated rings. The minimum atomic E-state index is -0.445. The van der Waals surface area contributed by atoms with Crippen LogP contribution in [-0.2, 0) is 4.74 Å². The summed E-state index contributed by atoms with van der Waals surface area (Å²) in [7, 11) is 0. The Morgan fingerprint density at radius 2 is 1.72 bits per heavy atom. The lowest BCUT2D eigenvalue weighted by molar-refractivity contribution is -0.384. The van der Waals surface area contributed by atoms with Crippen molar-refractivity contribution in [1.29, 1.82) is 0 Å². The van der Waals surface area contributed by atoms with E-state index in [1.54, 1.807) is 12.1 Å². The third-order valence-electron chi connectivity index (χ3n) is 4.71. The average molecular weight is 434 g/mol. The fourth-order valence-corrected chi connectivity index (χ4v) is 2.99. The SMILES string of the molecule is Cc1ccc(Nc2nc(NN=Cc3ccc([N+](=O)[O-])cc3)nc(N3CCOCC3)n2)cc1. The summed E-state index contributed by atoms with van der Waals surface area (Å²) >= 11 is 0. The largest absolute Gasteiger partial charge is 0.378 e. The number of nitrogens with zero attached hydrogens (tertiary/aromatic N) is 6. The lowest BCUT2D eigenvalue weighted by Crippen LogP contribution is -2.37. The number of rotatable bonds is 7. The number of hydrogen-bond donors (Lipinski definition) is 2. The number of aryl methyl sites for hydroxylation is 1. The highest BCUT2D eigenvalue weighted by atomic mass is 16.6. The van der Waals surface area contributed by atoms with E-state index in [0.29, 0.717) is 43.8 Å². The highest BCUT2D eigenvalue weighted by Crippen LogP contribution is 2.19. The van der Waals surface area contributed by atoms with E-state index >= 15 is 0 Å². The number of benzene rings is 2. The molecule has 32 heavy (non-hydrogen) atoms. The molecule has 0 amide bonds. The minimum Gasteiger partial charge on any atom is -0.378 e. The second-order valence-electron chi connectivity index (χ2n) is 7.09. The number of nitro groups is 1. The smallest absolute Gasteiger partial charge is 0.269 e. The molecule has 0 unspecified atom stereocenters. The Morgan fingerprint density at radius 1 is 1.03 bits per heavy atom. The van der Waals surface area contributed by atoms with Gasteiger partial charge in [-0.2, -0.15) is 20.1 Å². The molecule has 1 aromatic heterocycles. The Hall–Kier alpha value is -4.12. The van der Waals surface area contributed by atoms with Gasteiger partial charge in [0.2, 0.25) is 17.8 Å². The van der Waals surface area contributed by atoms with Gasteiger partial charge in [0.05, 0.1) is 24.4 Å². The average Bonchev–Trinajstić information content (AvgIpc) is 2.81. The van der Waals surface area contributed by atoms with Crippen LogP contribution in [0.1, 0.15) is 11.1 Å². The predicted octanol–water partition coefficient (Wildman–Crippen LogP) is 3.11. The van der Waals surface area contributed by atoms with E-state index in [1.165, 1.54) is 18.3 Å². The van der Waals surface area contributed by atoms with Crippen LogP contribution in [0.3, 0.4) is 0 Å². The highest BCUT2D eigenvalue weighted by molar-refractivity contribution is 5.80. The Balaban J connectivity index is 1.53. The van der Waals surface area contributed by atoms with Crippen molar-refractivity contribution in [1.82, 2.24) is 15.0 Å². The molecule has 0 saturated carbocycles. The first kappa shape index (κ1) is 21.1. The second kappa shape index (κ2) is 9.79. The molecular weight excluding hydrogens is 412 g/mol. The number of hydrogen-bond acceptors (Lipinski definition) is 10. The van der Waals surface area contributed by atoms with Crippen LogP contribution in [-0.4, -0.2) is 52.4 Å². The summed E-state index contributed by atoms with van der Waals surface area (Å²) in [6.45, 7) is 4.59. The molecule has 2 N–H and O–H groups in total. The number of anilines is 4. The lowest BCUT2D eigenvalue weighted by Gasteiger charge is -2.27. The number of nitro benzene ring substituents is 1. The second-order valence-corrected chi connectivity index (χ2v) is 7.09. The maximum Gasteiger partial charge on any atom is 0.269 e. The van der Waals surface area contributed by atoms with Gasteiger partial charge in [0, 0.05) is 30.9 Å². The minimum absolute atomic E-state index is 0.0227. The van der Waals surface area contributed by atoms with Crippen molar-refractivity contribution < 1.29 is 9.66 Å². The molecule has 0 radical (unpaired) electrons. The topological polar surface area (TPSA) is 131 Å². The first-order valence-electron chi connectivity index (χ1n) is 10.0. The molecule has 3 aromatic rings. The van der Waals surface area contributed by atoms with Crippen molar-refractivity contribution in [3.05, 3.63) is 69.8 Å². The first-order valence-corrected chi connectivity index (χ1v) is 10.0. The van der Waals surface area contributed by atoms with Crippen molar-refractivity contribution >= 4 is 35.4 Å². The number of morpholine rings is 1. The van der Waals surface area contributed by atoms with E-state index in [2.05, 4.69) is 30.8 Å². The van der Waals surface area contributed by atoms with Crippen molar-refractivity contribution in [2.75, 3.05) is 41.9 Å². The van der Waals surface area contributed by atoms with Gasteiger partial charge in [0.15, 0.2) is 0 Å². The van der Waals surface area contributed by atoms with Crippen LogP contribution in [0.2, 0.25) is 0 Å². The highest BCUT2D eigenvalue weighted by Gasteiger charge is 2.16. The van der Waals surface area contributed by atoms with Crippen LogP contribution in [0.15, 0.2) is 53.6 Å². The van der Waals surface area contributed by atoms with E-state index in [-0.39, 0.29) is 11.6 Å². The van der Waals surface area contributed by atoms with E-state index in [0.717, 1.165) is 11.3 Å². The zero-order valence-electron chi connectivity index (χ0n) is 17.4. The molecule has 11 nitrogen and oxygen atoms in total. The van der Waals surface area contributed by atoms with Gasteiger partial charge >= 0.3 is 0 Å². The molecule has 0 bridgehead atoms. The molecule has 1 aliphatic rings. The molecule has 11 heteroatoms. The van der Waals surface area contributed by atoms with E-state index < -0.39 is 4.92 Å². The Kier molecular flexibility index (Phi) is 6.46. The quantitative estimate of drug-likeness (QED) is 0.327. The summed E-state index contributed by atoms with van der Waals surface area (Å²) in [6.07, 6.45) is 1.54. The fourth-order valence-electron chi connectivity index (χ4n) is 2.99. The summed E-state index contributed by atoms with van der Waals surface area (Å²) in [5.41, 5.74) is 5.55. The molecule has 0 atom stereocenters. The van der Waals surface area contributed by atoms with Gasteiger partial charge in [-0.15, -0.1) is 0 Å². The molecule has 4 rings (SSSR count). The lowest BCUT2D eigenvalue weighted by atomic mass is 10.2. The Bertz CT molecular complexity index is 1100.